The third-order valence-corrected chi connectivity index (χ3v) is 9.85. The number of esters is 1. The van der Waals surface area contributed by atoms with Crippen LogP contribution in [0.3, 0.4) is 0 Å². The van der Waals surface area contributed by atoms with Crippen molar-refractivity contribution in [2.45, 2.75) is 111 Å². The molecule has 0 amide bonds. The van der Waals surface area contributed by atoms with Crippen LogP contribution in [0, 0.1) is 34.5 Å². The number of hydrogen-bond acceptors (Lipinski definition) is 5. The number of aliphatic hydroxyl groups excluding tert-OH is 1. The number of carbonyl (C=O) groups is 2. The van der Waals surface area contributed by atoms with Crippen LogP contribution in [0.15, 0.2) is 11.6 Å². The van der Waals surface area contributed by atoms with Gasteiger partial charge in [-0.25, -0.2) is 0 Å². The Balaban J connectivity index is 1.54. The van der Waals surface area contributed by atoms with E-state index >= 15 is 0 Å². The van der Waals surface area contributed by atoms with E-state index < -0.39 is 11.0 Å². The summed E-state index contributed by atoms with van der Waals surface area (Å²) in [5, 5.41) is 10.6. The van der Waals surface area contributed by atoms with Crippen molar-refractivity contribution in [3.63, 3.8) is 0 Å². The number of Topliss-reactive ketones (excluding diaryl/α,β-unsaturated/α-hetero) is 1. The zero-order chi connectivity index (χ0) is 24.2. The van der Waals surface area contributed by atoms with Crippen molar-refractivity contribution in [2.24, 2.45) is 34.5 Å². The average molecular weight is 461 g/mol. The van der Waals surface area contributed by atoms with Gasteiger partial charge in [-0.3, -0.25) is 9.59 Å². The first kappa shape index (κ1) is 24.9. The molecule has 4 rings (SSSR count). The number of ketones is 1. The lowest BCUT2D eigenvalue weighted by Crippen LogP contribution is -2.54. The third-order valence-electron chi connectivity index (χ3n) is 9.85. The number of aliphatic hydroxyl groups is 1. The highest BCUT2D eigenvalue weighted by atomic mass is 16.6. The SMILES string of the molecule is CC(=O)O[C@H]1CC[C@]2(C)C(=O)C([C@@H]3CC[C@H]([C@H](C)CCCC(C)C)[C@@]3(C)CO)=C[C@@H]3O[C@@]32C1. The van der Waals surface area contributed by atoms with Crippen LogP contribution < -0.4 is 0 Å². The van der Waals surface area contributed by atoms with Crippen molar-refractivity contribution in [3.05, 3.63) is 11.6 Å². The topological polar surface area (TPSA) is 76.1 Å². The van der Waals surface area contributed by atoms with Gasteiger partial charge in [-0.2, -0.15) is 0 Å². The molecule has 186 valence electrons. The molecular weight excluding hydrogens is 416 g/mol. The monoisotopic (exact) mass is 460 g/mol. The summed E-state index contributed by atoms with van der Waals surface area (Å²) in [5.41, 5.74) is -0.478. The summed E-state index contributed by atoms with van der Waals surface area (Å²) in [4.78, 5) is 25.5. The summed E-state index contributed by atoms with van der Waals surface area (Å²) in [6.45, 7) is 12.7. The molecule has 0 aromatic carbocycles. The lowest BCUT2D eigenvalue weighted by molar-refractivity contribution is -0.153. The normalized spacial score (nSPS) is 43.0. The molecule has 0 bridgehead atoms. The predicted octanol–water partition coefficient (Wildman–Crippen LogP) is 5.24. The summed E-state index contributed by atoms with van der Waals surface area (Å²) in [6.07, 6.45) is 9.47. The highest BCUT2D eigenvalue weighted by Crippen LogP contribution is 2.65. The summed E-state index contributed by atoms with van der Waals surface area (Å²) in [5.74, 6) is 1.70. The van der Waals surface area contributed by atoms with Crippen molar-refractivity contribution in [2.75, 3.05) is 6.61 Å². The second-order valence-electron chi connectivity index (χ2n) is 12.4. The molecule has 3 fully saturated rings. The molecule has 33 heavy (non-hydrogen) atoms. The van der Waals surface area contributed by atoms with Crippen LogP contribution >= 0.6 is 0 Å². The van der Waals surface area contributed by atoms with Crippen molar-refractivity contribution in [1.29, 1.82) is 0 Å². The molecule has 0 unspecified atom stereocenters. The maximum Gasteiger partial charge on any atom is 0.302 e. The van der Waals surface area contributed by atoms with Crippen LogP contribution in [0.1, 0.15) is 92.9 Å². The summed E-state index contributed by atoms with van der Waals surface area (Å²) >= 11 is 0. The lowest BCUT2D eigenvalue weighted by Gasteiger charge is -2.46. The molecule has 1 aliphatic heterocycles. The molecular formula is C28H44O5. The molecule has 4 aliphatic rings. The molecule has 1 saturated heterocycles. The fraction of sp³-hybridized carbons (Fsp3) is 0.857. The quantitative estimate of drug-likeness (QED) is 0.396. The zero-order valence-corrected chi connectivity index (χ0v) is 21.5. The third kappa shape index (κ3) is 4.01. The fourth-order valence-electron chi connectivity index (χ4n) is 7.76. The Morgan fingerprint density at radius 1 is 1.21 bits per heavy atom. The van der Waals surface area contributed by atoms with Gasteiger partial charge in [-0.1, -0.05) is 47.0 Å². The van der Waals surface area contributed by atoms with Crippen molar-refractivity contribution in [3.8, 4) is 0 Å². The van der Waals surface area contributed by atoms with Crippen LogP contribution in [-0.4, -0.2) is 41.3 Å². The maximum atomic E-state index is 14.0. The number of hydrogen-bond donors (Lipinski definition) is 1. The number of allylic oxidation sites excluding steroid dienone is 1. The lowest BCUT2D eigenvalue weighted by atomic mass is 9.56. The molecule has 1 spiro atoms. The van der Waals surface area contributed by atoms with E-state index in [9.17, 15) is 14.7 Å². The second-order valence-corrected chi connectivity index (χ2v) is 12.4. The molecule has 0 aromatic heterocycles. The van der Waals surface area contributed by atoms with Crippen LogP contribution in [0.4, 0.5) is 0 Å². The van der Waals surface area contributed by atoms with Gasteiger partial charge < -0.3 is 14.6 Å². The van der Waals surface area contributed by atoms with Gasteiger partial charge in [0.1, 0.15) is 17.8 Å². The Morgan fingerprint density at radius 3 is 2.58 bits per heavy atom. The molecule has 8 atom stereocenters. The summed E-state index contributed by atoms with van der Waals surface area (Å²) < 4.78 is 11.7. The first-order valence-corrected chi connectivity index (χ1v) is 13.2. The molecule has 2 saturated carbocycles. The first-order valence-electron chi connectivity index (χ1n) is 13.2. The van der Waals surface area contributed by atoms with Gasteiger partial charge in [0.25, 0.3) is 0 Å². The summed E-state index contributed by atoms with van der Waals surface area (Å²) in [7, 11) is 0. The number of rotatable bonds is 8. The number of epoxide rings is 1. The van der Waals surface area contributed by atoms with E-state index in [0.29, 0.717) is 31.1 Å². The molecule has 5 heteroatoms. The smallest absolute Gasteiger partial charge is 0.302 e. The van der Waals surface area contributed by atoms with Crippen molar-refractivity contribution >= 4 is 11.8 Å². The van der Waals surface area contributed by atoms with Crippen LogP contribution in [0.2, 0.25) is 0 Å². The van der Waals surface area contributed by atoms with E-state index in [1.807, 2.05) is 0 Å². The molecule has 5 nitrogen and oxygen atoms in total. The molecule has 3 aliphatic carbocycles. The molecule has 0 aromatic rings. The van der Waals surface area contributed by atoms with Gasteiger partial charge >= 0.3 is 5.97 Å². The number of ether oxygens (including phenoxy) is 2. The van der Waals surface area contributed by atoms with E-state index in [-0.39, 0.29) is 41.9 Å². The van der Waals surface area contributed by atoms with Gasteiger partial charge in [-0.05, 0) is 67.9 Å². The Bertz CT molecular complexity index is 817. The Labute approximate surface area is 199 Å². The highest BCUT2D eigenvalue weighted by Gasteiger charge is 2.74. The standard InChI is InChI=1S/C28H44O5/c1-17(2)8-7-9-18(3)22-10-11-23(26(22,5)16-29)21-14-24-28(33-24)15-20(32-19(4)30)12-13-27(28,6)25(21)31/h14,17-18,20,22-24,29H,7-13,15-16H2,1-6H3/t18-,20+,22-,23+,24+,26-,27-,28+/m1/s1. The molecule has 0 radical (unpaired) electrons. The first-order chi connectivity index (χ1) is 15.5. The average Bonchev–Trinajstić information content (AvgIpc) is 3.33. The van der Waals surface area contributed by atoms with E-state index in [1.54, 1.807) is 0 Å². The predicted molar refractivity (Wildman–Crippen MR) is 127 cm³/mol. The van der Waals surface area contributed by atoms with Gasteiger partial charge in [-0.15, -0.1) is 0 Å². The Hall–Kier alpha value is -1.20. The fourth-order valence-corrected chi connectivity index (χ4v) is 7.76. The van der Waals surface area contributed by atoms with Crippen LogP contribution in [0.25, 0.3) is 0 Å². The van der Waals surface area contributed by atoms with Gasteiger partial charge in [0, 0.05) is 25.4 Å². The van der Waals surface area contributed by atoms with Gasteiger partial charge in [0.15, 0.2) is 5.78 Å². The minimum Gasteiger partial charge on any atom is -0.462 e. The highest BCUT2D eigenvalue weighted by molar-refractivity contribution is 6.03. The number of carbonyl (C=O) groups excluding carboxylic acids is 2. The van der Waals surface area contributed by atoms with Crippen molar-refractivity contribution in [1.82, 2.24) is 0 Å². The second kappa shape index (κ2) is 8.78. The van der Waals surface area contributed by atoms with E-state index in [0.717, 1.165) is 24.3 Å². The summed E-state index contributed by atoms with van der Waals surface area (Å²) in [6, 6.07) is 0. The van der Waals surface area contributed by atoms with Crippen LogP contribution in [0.5, 0.6) is 0 Å². The Morgan fingerprint density at radius 2 is 1.94 bits per heavy atom. The minimum absolute atomic E-state index is 0.0813. The minimum atomic E-state index is -0.574. The maximum absolute atomic E-state index is 14.0. The Kier molecular flexibility index (Phi) is 6.63. The van der Waals surface area contributed by atoms with Gasteiger partial charge in [0.05, 0.1) is 5.41 Å². The van der Waals surface area contributed by atoms with E-state index in [2.05, 4.69) is 40.7 Å². The van der Waals surface area contributed by atoms with E-state index in [4.69, 9.17) is 9.47 Å². The molecule has 1 N–H and O–H groups in total. The van der Waals surface area contributed by atoms with E-state index in [1.165, 1.54) is 26.2 Å². The zero-order valence-electron chi connectivity index (χ0n) is 21.5. The van der Waals surface area contributed by atoms with Crippen molar-refractivity contribution < 1.29 is 24.2 Å². The van der Waals surface area contributed by atoms with Crippen LogP contribution in [-0.2, 0) is 19.1 Å². The van der Waals surface area contributed by atoms with Gasteiger partial charge in [0.2, 0.25) is 0 Å². The molecule has 1 heterocycles. The largest absolute Gasteiger partial charge is 0.462 e.